The minimum Gasteiger partial charge on any atom is -0.496 e. The van der Waals surface area contributed by atoms with Crippen LogP contribution >= 0.6 is 0 Å². The molecule has 3 nitrogen and oxygen atoms in total. The summed E-state index contributed by atoms with van der Waals surface area (Å²) < 4.78 is 5.33. The van der Waals surface area contributed by atoms with Crippen LogP contribution in [-0.2, 0) is 17.8 Å². The van der Waals surface area contributed by atoms with Gasteiger partial charge in [-0.3, -0.25) is 4.79 Å². The molecule has 0 aliphatic rings. The van der Waals surface area contributed by atoms with Gasteiger partial charge < -0.3 is 9.64 Å². The van der Waals surface area contributed by atoms with Gasteiger partial charge in [-0.1, -0.05) is 60.7 Å². The first-order valence-corrected chi connectivity index (χ1v) is 8.01. The molecule has 0 unspecified atom stereocenters. The maximum Gasteiger partial charge on any atom is 0.227 e. The molecule has 24 heavy (non-hydrogen) atoms. The average molecular weight is 319 g/mol. The summed E-state index contributed by atoms with van der Waals surface area (Å²) in [6, 6.07) is 22.1. The summed E-state index contributed by atoms with van der Waals surface area (Å²) in [4.78, 5) is 14.4. The molecule has 0 fully saturated rings. The Morgan fingerprint density at radius 2 is 1.58 bits per heavy atom. The fourth-order valence-electron chi connectivity index (χ4n) is 2.92. The smallest absolute Gasteiger partial charge is 0.227 e. The van der Waals surface area contributed by atoms with Gasteiger partial charge in [0.2, 0.25) is 5.91 Å². The lowest BCUT2D eigenvalue weighted by molar-refractivity contribution is -0.129. The Morgan fingerprint density at radius 3 is 2.42 bits per heavy atom. The Balaban J connectivity index is 1.76. The van der Waals surface area contributed by atoms with E-state index in [2.05, 4.69) is 24.3 Å². The number of amides is 1. The lowest BCUT2D eigenvalue weighted by Gasteiger charge is -2.19. The maximum absolute atomic E-state index is 12.6. The van der Waals surface area contributed by atoms with Crippen LogP contribution in [0.4, 0.5) is 0 Å². The van der Waals surface area contributed by atoms with Crippen molar-refractivity contribution in [2.45, 2.75) is 13.0 Å². The normalized spacial score (nSPS) is 10.6. The second kappa shape index (κ2) is 7.18. The SMILES string of the molecule is COc1ccccc1CC(=O)N(C)Cc1cccc2ccccc12. The summed E-state index contributed by atoms with van der Waals surface area (Å²) in [5, 5.41) is 2.39. The van der Waals surface area contributed by atoms with Crippen LogP contribution in [0.2, 0.25) is 0 Å². The summed E-state index contributed by atoms with van der Waals surface area (Å²) in [7, 11) is 3.47. The molecule has 0 aliphatic carbocycles. The molecule has 0 aliphatic heterocycles. The van der Waals surface area contributed by atoms with E-state index in [1.54, 1.807) is 12.0 Å². The van der Waals surface area contributed by atoms with Crippen LogP contribution in [0.15, 0.2) is 66.7 Å². The first-order chi connectivity index (χ1) is 11.7. The highest BCUT2D eigenvalue weighted by molar-refractivity contribution is 5.86. The number of hydrogen-bond donors (Lipinski definition) is 0. The number of carbonyl (C=O) groups is 1. The number of nitrogens with zero attached hydrogens (tertiary/aromatic N) is 1. The fraction of sp³-hybridized carbons (Fsp3) is 0.190. The molecule has 3 rings (SSSR count). The first-order valence-electron chi connectivity index (χ1n) is 8.01. The zero-order chi connectivity index (χ0) is 16.9. The third kappa shape index (κ3) is 3.40. The van der Waals surface area contributed by atoms with Crippen molar-refractivity contribution in [1.29, 1.82) is 0 Å². The number of carbonyl (C=O) groups excluding carboxylic acids is 1. The van der Waals surface area contributed by atoms with Gasteiger partial charge >= 0.3 is 0 Å². The van der Waals surface area contributed by atoms with Crippen molar-refractivity contribution in [2.75, 3.05) is 14.2 Å². The zero-order valence-corrected chi connectivity index (χ0v) is 14.0. The van der Waals surface area contributed by atoms with Crippen LogP contribution in [0.5, 0.6) is 5.75 Å². The minimum atomic E-state index is 0.0763. The monoisotopic (exact) mass is 319 g/mol. The summed E-state index contributed by atoms with van der Waals surface area (Å²) in [6.45, 7) is 0.593. The van der Waals surface area contributed by atoms with Gasteiger partial charge in [0.1, 0.15) is 5.75 Å². The van der Waals surface area contributed by atoms with Crippen molar-refractivity contribution in [1.82, 2.24) is 4.90 Å². The number of fused-ring (bicyclic) bond motifs is 1. The minimum absolute atomic E-state index is 0.0763. The molecule has 0 saturated heterocycles. The molecule has 3 heteroatoms. The lowest BCUT2D eigenvalue weighted by atomic mass is 10.0. The van der Waals surface area contributed by atoms with Crippen LogP contribution in [0, 0.1) is 0 Å². The molecule has 0 spiro atoms. The number of ether oxygens (including phenoxy) is 1. The van der Waals surface area contributed by atoms with Gasteiger partial charge in [-0.15, -0.1) is 0 Å². The van der Waals surface area contributed by atoms with E-state index in [4.69, 9.17) is 4.74 Å². The Kier molecular flexibility index (Phi) is 4.80. The Labute approximate surface area is 142 Å². The number of benzene rings is 3. The van der Waals surface area contributed by atoms with Crippen LogP contribution in [0.25, 0.3) is 10.8 Å². The second-order valence-corrected chi connectivity index (χ2v) is 5.88. The standard InChI is InChI=1S/C21H21NO2/c1-22(21(23)14-17-9-4-6-13-20(17)24-2)15-18-11-7-10-16-8-3-5-12-19(16)18/h3-13H,14-15H2,1-2H3. The van der Waals surface area contributed by atoms with Gasteiger partial charge in [-0.25, -0.2) is 0 Å². The molecule has 0 N–H and O–H groups in total. The summed E-state index contributed by atoms with van der Waals surface area (Å²) >= 11 is 0. The highest BCUT2D eigenvalue weighted by Gasteiger charge is 2.14. The van der Waals surface area contributed by atoms with E-state index < -0.39 is 0 Å². The van der Waals surface area contributed by atoms with Crippen molar-refractivity contribution >= 4 is 16.7 Å². The molecule has 0 saturated carbocycles. The number of hydrogen-bond acceptors (Lipinski definition) is 2. The third-order valence-corrected chi connectivity index (χ3v) is 4.25. The van der Waals surface area contributed by atoms with Gasteiger partial charge in [-0.05, 0) is 22.4 Å². The first kappa shape index (κ1) is 16.1. The van der Waals surface area contributed by atoms with Crippen molar-refractivity contribution in [2.24, 2.45) is 0 Å². The van der Waals surface area contributed by atoms with Crippen LogP contribution < -0.4 is 4.74 Å². The topological polar surface area (TPSA) is 29.5 Å². The Morgan fingerprint density at radius 1 is 0.917 bits per heavy atom. The lowest BCUT2D eigenvalue weighted by Crippen LogP contribution is -2.27. The quantitative estimate of drug-likeness (QED) is 0.710. The average Bonchev–Trinajstić information content (AvgIpc) is 2.62. The largest absolute Gasteiger partial charge is 0.496 e. The number of methoxy groups -OCH3 is 1. The number of likely N-dealkylation sites (N-methyl/N-ethyl adjacent to an activating group) is 1. The van der Waals surface area contributed by atoms with Crippen molar-refractivity contribution in [3.8, 4) is 5.75 Å². The fourth-order valence-corrected chi connectivity index (χ4v) is 2.92. The van der Waals surface area contributed by atoms with Gasteiger partial charge in [0.25, 0.3) is 0 Å². The zero-order valence-electron chi connectivity index (χ0n) is 14.0. The van der Waals surface area contributed by atoms with E-state index in [-0.39, 0.29) is 5.91 Å². The van der Waals surface area contributed by atoms with E-state index in [0.29, 0.717) is 13.0 Å². The molecule has 3 aromatic carbocycles. The van der Waals surface area contributed by atoms with E-state index in [1.807, 2.05) is 49.5 Å². The molecule has 0 atom stereocenters. The molecule has 0 radical (unpaired) electrons. The predicted molar refractivity (Wildman–Crippen MR) is 97.1 cm³/mol. The summed E-state index contributed by atoms with van der Waals surface area (Å²) in [5.74, 6) is 0.830. The van der Waals surface area contributed by atoms with Gasteiger partial charge in [0.15, 0.2) is 0 Å². The maximum atomic E-state index is 12.6. The molecule has 0 heterocycles. The van der Waals surface area contributed by atoms with E-state index in [1.165, 1.54) is 10.8 Å². The third-order valence-electron chi connectivity index (χ3n) is 4.25. The summed E-state index contributed by atoms with van der Waals surface area (Å²) in [6.07, 6.45) is 0.339. The highest BCUT2D eigenvalue weighted by atomic mass is 16.5. The van der Waals surface area contributed by atoms with E-state index >= 15 is 0 Å². The van der Waals surface area contributed by atoms with Crippen LogP contribution in [0.1, 0.15) is 11.1 Å². The van der Waals surface area contributed by atoms with Gasteiger partial charge in [0.05, 0.1) is 13.5 Å². The Hall–Kier alpha value is -2.81. The number of rotatable bonds is 5. The summed E-state index contributed by atoms with van der Waals surface area (Å²) in [5.41, 5.74) is 2.07. The van der Waals surface area contributed by atoms with Crippen molar-refractivity contribution < 1.29 is 9.53 Å². The molecule has 1 amide bonds. The predicted octanol–water partition coefficient (Wildman–Crippen LogP) is 4.05. The molecular formula is C21H21NO2. The molecular weight excluding hydrogens is 298 g/mol. The van der Waals surface area contributed by atoms with E-state index in [9.17, 15) is 4.79 Å². The van der Waals surface area contributed by atoms with Gasteiger partial charge in [-0.2, -0.15) is 0 Å². The van der Waals surface area contributed by atoms with Crippen LogP contribution in [-0.4, -0.2) is 25.0 Å². The van der Waals surface area contributed by atoms with Gasteiger partial charge in [0, 0.05) is 19.2 Å². The molecule has 0 aromatic heterocycles. The molecule has 3 aromatic rings. The van der Waals surface area contributed by atoms with Crippen LogP contribution in [0.3, 0.4) is 0 Å². The van der Waals surface area contributed by atoms with Crippen molar-refractivity contribution in [3.05, 3.63) is 77.9 Å². The number of para-hydroxylation sites is 1. The van der Waals surface area contributed by atoms with Crippen molar-refractivity contribution in [3.63, 3.8) is 0 Å². The highest BCUT2D eigenvalue weighted by Crippen LogP contribution is 2.21. The van der Waals surface area contributed by atoms with E-state index in [0.717, 1.165) is 16.9 Å². The second-order valence-electron chi connectivity index (χ2n) is 5.88. The molecule has 122 valence electrons. The Bertz CT molecular complexity index is 852. The molecule has 0 bridgehead atoms.